The van der Waals surface area contributed by atoms with E-state index < -0.39 is 0 Å². The summed E-state index contributed by atoms with van der Waals surface area (Å²) < 4.78 is 6.72. The Kier molecular flexibility index (Phi) is 5.61. The van der Waals surface area contributed by atoms with Crippen LogP contribution in [0.2, 0.25) is 0 Å². The molecule has 2 aromatic carbocycles. The molecule has 0 saturated heterocycles. The van der Waals surface area contributed by atoms with E-state index in [9.17, 15) is 4.79 Å². The summed E-state index contributed by atoms with van der Waals surface area (Å²) >= 11 is 2.21. The number of carbonyl (C=O) groups excluding carboxylic acids is 1. The largest absolute Gasteiger partial charge is 0.493 e. The SMILES string of the molecule is CC(C)COc1ccc(NC(=O)c2ccc(I)cc2)cc1. The van der Waals surface area contributed by atoms with E-state index in [-0.39, 0.29) is 5.91 Å². The number of rotatable bonds is 5. The number of nitrogens with one attached hydrogen (secondary N) is 1. The molecule has 4 heteroatoms. The number of hydrogen-bond donors (Lipinski definition) is 1. The first-order valence-electron chi connectivity index (χ1n) is 6.84. The fourth-order valence-corrected chi connectivity index (χ4v) is 2.06. The third-order valence-electron chi connectivity index (χ3n) is 2.80. The highest BCUT2D eigenvalue weighted by molar-refractivity contribution is 14.1. The second-order valence-corrected chi connectivity index (χ2v) is 6.44. The normalized spacial score (nSPS) is 10.5. The molecule has 2 aromatic rings. The van der Waals surface area contributed by atoms with Crippen molar-refractivity contribution >= 4 is 34.2 Å². The summed E-state index contributed by atoms with van der Waals surface area (Å²) in [4.78, 5) is 12.1. The Balaban J connectivity index is 1.96. The molecule has 1 N–H and O–H groups in total. The summed E-state index contributed by atoms with van der Waals surface area (Å²) in [6.07, 6.45) is 0. The molecule has 0 aromatic heterocycles. The van der Waals surface area contributed by atoms with Crippen molar-refractivity contribution in [2.24, 2.45) is 5.92 Å². The van der Waals surface area contributed by atoms with E-state index in [1.54, 1.807) is 0 Å². The van der Waals surface area contributed by atoms with E-state index in [2.05, 4.69) is 41.8 Å². The van der Waals surface area contributed by atoms with Crippen LogP contribution in [0, 0.1) is 9.49 Å². The first kappa shape index (κ1) is 15.8. The zero-order valence-corrected chi connectivity index (χ0v) is 14.3. The second kappa shape index (κ2) is 7.45. The summed E-state index contributed by atoms with van der Waals surface area (Å²) in [5.74, 6) is 1.20. The van der Waals surface area contributed by atoms with Crippen molar-refractivity contribution in [1.29, 1.82) is 0 Å². The highest BCUT2D eigenvalue weighted by atomic mass is 127. The van der Waals surface area contributed by atoms with Crippen molar-refractivity contribution in [2.45, 2.75) is 13.8 Å². The molecule has 2 rings (SSSR count). The molecule has 0 spiro atoms. The van der Waals surface area contributed by atoms with Gasteiger partial charge in [0.05, 0.1) is 6.61 Å². The van der Waals surface area contributed by atoms with E-state index in [1.807, 2.05) is 48.5 Å². The van der Waals surface area contributed by atoms with Crippen molar-refractivity contribution < 1.29 is 9.53 Å². The van der Waals surface area contributed by atoms with Crippen molar-refractivity contribution in [2.75, 3.05) is 11.9 Å². The minimum absolute atomic E-state index is 0.109. The average Bonchev–Trinajstić information content (AvgIpc) is 2.47. The van der Waals surface area contributed by atoms with Gasteiger partial charge in [-0.25, -0.2) is 0 Å². The molecule has 0 fully saturated rings. The Bertz CT molecular complexity index is 591. The van der Waals surface area contributed by atoms with Gasteiger partial charge in [0.15, 0.2) is 0 Å². The smallest absolute Gasteiger partial charge is 0.255 e. The molecular formula is C17H18INO2. The highest BCUT2D eigenvalue weighted by Gasteiger charge is 2.06. The van der Waals surface area contributed by atoms with Gasteiger partial charge < -0.3 is 10.1 Å². The molecule has 21 heavy (non-hydrogen) atoms. The van der Waals surface area contributed by atoms with Gasteiger partial charge in [-0.2, -0.15) is 0 Å². The number of carbonyl (C=O) groups is 1. The number of anilines is 1. The van der Waals surface area contributed by atoms with Gasteiger partial charge in [-0.15, -0.1) is 0 Å². The molecule has 0 atom stereocenters. The van der Waals surface area contributed by atoms with Crippen LogP contribution in [0.3, 0.4) is 0 Å². The first-order valence-corrected chi connectivity index (χ1v) is 7.92. The fourth-order valence-electron chi connectivity index (χ4n) is 1.70. The van der Waals surface area contributed by atoms with Gasteiger partial charge in [0.25, 0.3) is 5.91 Å². The van der Waals surface area contributed by atoms with Crippen LogP contribution < -0.4 is 10.1 Å². The van der Waals surface area contributed by atoms with Crippen molar-refractivity contribution in [3.63, 3.8) is 0 Å². The average molecular weight is 395 g/mol. The molecule has 0 heterocycles. The van der Waals surface area contributed by atoms with Gasteiger partial charge in [0.1, 0.15) is 5.75 Å². The zero-order valence-electron chi connectivity index (χ0n) is 12.1. The Hall–Kier alpha value is -1.56. The maximum absolute atomic E-state index is 12.1. The lowest BCUT2D eigenvalue weighted by molar-refractivity contribution is 0.102. The Morgan fingerprint density at radius 2 is 1.71 bits per heavy atom. The number of ether oxygens (including phenoxy) is 1. The lowest BCUT2D eigenvalue weighted by Crippen LogP contribution is -2.11. The number of hydrogen-bond acceptors (Lipinski definition) is 2. The molecule has 0 aliphatic heterocycles. The maximum Gasteiger partial charge on any atom is 0.255 e. The minimum atomic E-state index is -0.109. The van der Waals surface area contributed by atoms with E-state index in [4.69, 9.17) is 4.74 Å². The summed E-state index contributed by atoms with van der Waals surface area (Å²) in [5.41, 5.74) is 1.41. The van der Waals surface area contributed by atoms with Crippen LogP contribution in [0.1, 0.15) is 24.2 Å². The van der Waals surface area contributed by atoms with Crippen molar-refractivity contribution in [1.82, 2.24) is 0 Å². The third kappa shape index (κ3) is 5.04. The maximum atomic E-state index is 12.1. The van der Waals surface area contributed by atoms with E-state index >= 15 is 0 Å². The van der Waals surface area contributed by atoms with Crippen LogP contribution in [-0.4, -0.2) is 12.5 Å². The van der Waals surface area contributed by atoms with Gasteiger partial charge in [-0.1, -0.05) is 13.8 Å². The van der Waals surface area contributed by atoms with Gasteiger partial charge >= 0.3 is 0 Å². The van der Waals surface area contributed by atoms with E-state index in [0.29, 0.717) is 18.1 Å². The van der Waals surface area contributed by atoms with E-state index in [1.165, 1.54) is 0 Å². The topological polar surface area (TPSA) is 38.3 Å². The van der Waals surface area contributed by atoms with Crippen LogP contribution in [0.5, 0.6) is 5.75 Å². The quantitative estimate of drug-likeness (QED) is 0.753. The summed E-state index contributed by atoms with van der Waals surface area (Å²) in [6.45, 7) is 4.90. The standard InChI is InChI=1S/C17H18INO2/c1-12(2)11-21-16-9-7-15(8-10-16)19-17(20)13-3-5-14(18)6-4-13/h3-10,12H,11H2,1-2H3,(H,19,20). The zero-order chi connectivity index (χ0) is 15.2. The fraction of sp³-hybridized carbons (Fsp3) is 0.235. The minimum Gasteiger partial charge on any atom is -0.493 e. The molecule has 0 unspecified atom stereocenters. The van der Waals surface area contributed by atoms with Gasteiger partial charge in [-0.3, -0.25) is 4.79 Å². The molecule has 0 radical (unpaired) electrons. The Morgan fingerprint density at radius 1 is 1.10 bits per heavy atom. The predicted octanol–water partition coefficient (Wildman–Crippen LogP) is 4.58. The predicted molar refractivity (Wildman–Crippen MR) is 93.9 cm³/mol. The van der Waals surface area contributed by atoms with E-state index in [0.717, 1.165) is 15.0 Å². The summed E-state index contributed by atoms with van der Waals surface area (Å²) in [6, 6.07) is 14.9. The number of amides is 1. The second-order valence-electron chi connectivity index (χ2n) is 5.19. The van der Waals surface area contributed by atoms with Crippen LogP contribution in [0.4, 0.5) is 5.69 Å². The van der Waals surface area contributed by atoms with Crippen LogP contribution in [-0.2, 0) is 0 Å². The molecule has 0 bridgehead atoms. The third-order valence-corrected chi connectivity index (χ3v) is 3.52. The van der Waals surface area contributed by atoms with Crippen molar-refractivity contribution in [3.8, 4) is 5.75 Å². The molecule has 0 saturated carbocycles. The van der Waals surface area contributed by atoms with Crippen LogP contribution in [0.25, 0.3) is 0 Å². The Labute approximate surface area is 138 Å². The Morgan fingerprint density at radius 3 is 2.29 bits per heavy atom. The van der Waals surface area contributed by atoms with Crippen molar-refractivity contribution in [3.05, 3.63) is 57.7 Å². The monoisotopic (exact) mass is 395 g/mol. The molecule has 0 aliphatic rings. The number of benzene rings is 2. The van der Waals surface area contributed by atoms with Crippen LogP contribution >= 0.6 is 22.6 Å². The van der Waals surface area contributed by atoms with Gasteiger partial charge in [0.2, 0.25) is 0 Å². The molecule has 3 nitrogen and oxygen atoms in total. The highest BCUT2D eigenvalue weighted by Crippen LogP contribution is 2.17. The lowest BCUT2D eigenvalue weighted by atomic mass is 10.2. The van der Waals surface area contributed by atoms with Gasteiger partial charge in [-0.05, 0) is 77.0 Å². The molecule has 110 valence electrons. The van der Waals surface area contributed by atoms with Gasteiger partial charge in [0, 0.05) is 14.8 Å². The first-order chi connectivity index (χ1) is 10.0. The molecule has 0 aliphatic carbocycles. The summed E-state index contributed by atoms with van der Waals surface area (Å²) in [5, 5.41) is 2.87. The number of halogens is 1. The summed E-state index contributed by atoms with van der Waals surface area (Å²) in [7, 11) is 0. The molecular weight excluding hydrogens is 377 g/mol. The van der Waals surface area contributed by atoms with Crippen LogP contribution in [0.15, 0.2) is 48.5 Å². The lowest BCUT2D eigenvalue weighted by Gasteiger charge is -2.10. The molecule has 1 amide bonds.